The SMILES string of the molecule is CC(C)Cc1nc(=S)c2c([nH]1)CCOC2. The largest absolute Gasteiger partial charge is 0.376 e. The molecule has 0 unspecified atom stereocenters. The van der Waals surface area contributed by atoms with Crippen molar-refractivity contribution in [2.75, 3.05) is 6.61 Å². The van der Waals surface area contributed by atoms with Crippen LogP contribution in [0.3, 0.4) is 0 Å². The van der Waals surface area contributed by atoms with Crippen LogP contribution in [0.1, 0.15) is 30.9 Å². The van der Waals surface area contributed by atoms with Crippen LogP contribution in [0, 0.1) is 10.6 Å². The van der Waals surface area contributed by atoms with Crippen LogP contribution < -0.4 is 0 Å². The molecule has 1 N–H and O–H groups in total. The monoisotopic (exact) mass is 224 g/mol. The summed E-state index contributed by atoms with van der Waals surface area (Å²) >= 11 is 5.27. The number of hydrogen-bond acceptors (Lipinski definition) is 3. The number of H-pyrrole nitrogens is 1. The summed E-state index contributed by atoms with van der Waals surface area (Å²) in [6.45, 7) is 5.76. The van der Waals surface area contributed by atoms with E-state index in [1.165, 1.54) is 5.69 Å². The maximum absolute atomic E-state index is 5.37. The summed E-state index contributed by atoms with van der Waals surface area (Å²) in [5.41, 5.74) is 2.29. The van der Waals surface area contributed by atoms with Crippen molar-refractivity contribution in [1.82, 2.24) is 9.97 Å². The molecule has 1 aliphatic rings. The van der Waals surface area contributed by atoms with Gasteiger partial charge in [-0.25, -0.2) is 4.98 Å². The Labute approximate surface area is 94.9 Å². The molecule has 1 aromatic heterocycles. The molecule has 2 rings (SSSR count). The van der Waals surface area contributed by atoms with Crippen LogP contribution in [0.25, 0.3) is 0 Å². The fourth-order valence-electron chi connectivity index (χ4n) is 1.79. The van der Waals surface area contributed by atoms with E-state index in [0.717, 1.165) is 30.8 Å². The third-order valence-corrected chi connectivity index (χ3v) is 2.84. The fourth-order valence-corrected chi connectivity index (χ4v) is 2.08. The van der Waals surface area contributed by atoms with E-state index in [2.05, 4.69) is 23.8 Å². The highest BCUT2D eigenvalue weighted by Gasteiger charge is 2.13. The van der Waals surface area contributed by atoms with Crippen molar-refractivity contribution in [3.05, 3.63) is 21.7 Å². The lowest BCUT2D eigenvalue weighted by atomic mass is 10.1. The number of hydrogen-bond donors (Lipinski definition) is 1. The van der Waals surface area contributed by atoms with Crippen molar-refractivity contribution >= 4 is 12.2 Å². The van der Waals surface area contributed by atoms with E-state index < -0.39 is 0 Å². The lowest BCUT2D eigenvalue weighted by molar-refractivity contribution is 0.108. The van der Waals surface area contributed by atoms with Gasteiger partial charge in [0.1, 0.15) is 10.5 Å². The fraction of sp³-hybridized carbons (Fsp3) is 0.636. The highest BCUT2D eigenvalue weighted by Crippen LogP contribution is 2.16. The van der Waals surface area contributed by atoms with E-state index in [1.54, 1.807) is 0 Å². The van der Waals surface area contributed by atoms with E-state index in [-0.39, 0.29) is 0 Å². The minimum absolute atomic E-state index is 0.598. The van der Waals surface area contributed by atoms with Crippen LogP contribution in [0.15, 0.2) is 0 Å². The molecule has 0 aromatic carbocycles. The van der Waals surface area contributed by atoms with Crippen LogP contribution in [-0.2, 0) is 24.2 Å². The number of fused-ring (bicyclic) bond motifs is 1. The molecule has 2 heterocycles. The number of rotatable bonds is 2. The molecule has 0 fully saturated rings. The Balaban J connectivity index is 2.36. The van der Waals surface area contributed by atoms with Gasteiger partial charge in [-0.15, -0.1) is 0 Å². The van der Waals surface area contributed by atoms with E-state index in [4.69, 9.17) is 17.0 Å². The predicted molar refractivity (Wildman–Crippen MR) is 61.3 cm³/mol. The smallest absolute Gasteiger partial charge is 0.135 e. The molecule has 0 atom stereocenters. The first-order chi connectivity index (χ1) is 7.16. The zero-order valence-electron chi connectivity index (χ0n) is 9.17. The maximum Gasteiger partial charge on any atom is 0.135 e. The van der Waals surface area contributed by atoms with Crippen LogP contribution in [0.2, 0.25) is 0 Å². The van der Waals surface area contributed by atoms with Crippen LogP contribution >= 0.6 is 12.2 Å². The molecular weight excluding hydrogens is 208 g/mol. The molecule has 15 heavy (non-hydrogen) atoms. The number of nitrogens with zero attached hydrogens (tertiary/aromatic N) is 1. The van der Waals surface area contributed by atoms with E-state index >= 15 is 0 Å². The zero-order chi connectivity index (χ0) is 10.8. The molecular formula is C11H16N2OS. The first-order valence-corrected chi connectivity index (χ1v) is 5.76. The van der Waals surface area contributed by atoms with E-state index in [1.807, 2.05) is 0 Å². The van der Waals surface area contributed by atoms with Gasteiger partial charge < -0.3 is 9.72 Å². The van der Waals surface area contributed by atoms with Crippen LogP contribution in [-0.4, -0.2) is 16.6 Å². The Morgan fingerprint density at radius 2 is 2.33 bits per heavy atom. The highest BCUT2D eigenvalue weighted by molar-refractivity contribution is 7.71. The number of aromatic amines is 1. The number of ether oxygens (including phenoxy) is 1. The lowest BCUT2D eigenvalue weighted by Crippen LogP contribution is -2.15. The molecule has 3 nitrogen and oxygen atoms in total. The Morgan fingerprint density at radius 1 is 1.53 bits per heavy atom. The number of nitrogens with one attached hydrogen (secondary N) is 1. The van der Waals surface area contributed by atoms with Gasteiger partial charge in [-0.3, -0.25) is 0 Å². The minimum atomic E-state index is 0.598. The molecule has 82 valence electrons. The number of aromatic nitrogens is 2. The third kappa shape index (κ3) is 2.44. The van der Waals surface area contributed by atoms with Crippen molar-refractivity contribution < 1.29 is 4.74 Å². The summed E-state index contributed by atoms with van der Waals surface area (Å²) < 4.78 is 6.08. The van der Waals surface area contributed by atoms with Gasteiger partial charge in [0, 0.05) is 24.1 Å². The standard InChI is InChI=1S/C11H16N2OS/c1-7(2)5-10-12-9-3-4-14-6-8(9)11(15)13-10/h7H,3-6H2,1-2H3,(H,12,13,15). The second kappa shape index (κ2) is 4.41. The molecule has 0 spiro atoms. The van der Waals surface area contributed by atoms with Crippen molar-refractivity contribution in [3.8, 4) is 0 Å². The van der Waals surface area contributed by atoms with Gasteiger partial charge in [0.05, 0.1) is 13.2 Å². The highest BCUT2D eigenvalue weighted by atomic mass is 32.1. The third-order valence-electron chi connectivity index (χ3n) is 2.50. The summed E-state index contributed by atoms with van der Waals surface area (Å²) in [4.78, 5) is 7.79. The average Bonchev–Trinajstić information content (AvgIpc) is 2.16. The molecule has 0 saturated carbocycles. The van der Waals surface area contributed by atoms with Crippen molar-refractivity contribution in [1.29, 1.82) is 0 Å². The molecule has 0 amide bonds. The maximum atomic E-state index is 5.37. The van der Waals surface area contributed by atoms with E-state index in [0.29, 0.717) is 17.2 Å². The Bertz CT molecular complexity index is 412. The van der Waals surface area contributed by atoms with Gasteiger partial charge in [0.25, 0.3) is 0 Å². The lowest BCUT2D eigenvalue weighted by Gasteiger charge is -2.17. The first-order valence-electron chi connectivity index (χ1n) is 5.35. The molecule has 0 saturated heterocycles. The summed E-state index contributed by atoms with van der Waals surface area (Å²) in [6.07, 6.45) is 1.88. The zero-order valence-corrected chi connectivity index (χ0v) is 9.99. The second-order valence-corrected chi connectivity index (χ2v) is 4.73. The summed E-state index contributed by atoms with van der Waals surface area (Å²) in [7, 11) is 0. The van der Waals surface area contributed by atoms with Crippen LogP contribution in [0.4, 0.5) is 0 Å². The van der Waals surface area contributed by atoms with E-state index in [9.17, 15) is 0 Å². The van der Waals surface area contributed by atoms with Gasteiger partial charge in [0.15, 0.2) is 0 Å². The van der Waals surface area contributed by atoms with Gasteiger partial charge in [-0.05, 0) is 5.92 Å². The quantitative estimate of drug-likeness (QED) is 0.784. The Morgan fingerprint density at radius 3 is 3.07 bits per heavy atom. The van der Waals surface area contributed by atoms with Gasteiger partial charge >= 0.3 is 0 Å². The Kier molecular flexibility index (Phi) is 3.17. The normalized spacial score (nSPS) is 15.4. The van der Waals surface area contributed by atoms with Crippen molar-refractivity contribution in [2.24, 2.45) is 5.92 Å². The van der Waals surface area contributed by atoms with Crippen molar-refractivity contribution in [2.45, 2.75) is 33.3 Å². The topological polar surface area (TPSA) is 37.9 Å². The summed E-state index contributed by atoms with van der Waals surface area (Å²) in [5.74, 6) is 1.61. The molecule has 4 heteroatoms. The Hall–Kier alpha value is -0.740. The van der Waals surface area contributed by atoms with Crippen molar-refractivity contribution in [3.63, 3.8) is 0 Å². The van der Waals surface area contributed by atoms with Crippen LogP contribution in [0.5, 0.6) is 0 Å². The second-order valence-electron chi connectivity index (χ2n) is 4.35. The summed E-state index contributed by atoms with van der Waals surface area (Å²) in [6, 6.07) is 0. The molecule has 0 radical (unpaired) electrons. The molecule has 0 bridgehead atoms. The van der Waals surface area contributed by atoms with Gasteiger partial charge in [-0.2, -0.15) is 0 Å². The molecule has 0 aliphatic carbocycles. The van der Waals surface area contributed by atoms with Gasteiger partial charge in [0.2, 0.25) is 0 Å². The summed E-state index contributed by atoms with van der Waals surface area (Å²) in [5, 5.41) is 0. The first kappa shape index (κ1) is 10.8. The van der Waals surface area contributed by atoms with Gasteiger partial charge in [-0.1, -0.05) is 26.1 Å². The average molecular weight is 224 g/mol. The molecule has 1 aromatic rings. The molecule has 1 aliphatic heterocycles. The minimum Gasteiger partial charge on any atom is -0.376 e. The predicted octanol–water partition coefficient (Wildman–Crippen LogP) is 2.41.